The monoisotopic (exact) mass is 321 g/mol. The molecule has 0 unspecified atom stereocenters. The number of benzene rings is 1. The Bertz CT molecular complexity index is 517. The summed E-state index contributed by atoms with van der Waals surface area (Å²) in [5.41, 5.74) is 3.65. The molecule has 0 radical (unpaired) electrons. The molecule has 1 aromatic heterocycles. The minimum absolute atomic E-state index is 0.921. The number of nitrogens with zero attached hydrogens (tertiary/aromatic N) is 2. The van der Waals surface area contributed by atoms with Crippen LogP contribution in [0.1, 0.15) is 23.4 Å². The van der Waals surface area contributed by atoms with Gasteiger partial charge in [0, 0.05) is 23.3 Å². The van der Waals surface area contributed by atoms with E-state index in [1.807, 2.05) is 6.92 Å². The molecule has 0 fully saturated rings. The molecule has 102 valence electrons. The van der Waals surface area contributed by atoms with Crippen LogP contribution in [0.4, 0.5) is 0 Å². The molecule has 2 aromatic rings. The molecule has 1 aromatic carbocycles. The summed E-state index contributed by atoms with van der Waals surface area (Å²) < 4.78 is 3.21. The first-order valence-electron chi connectivity index (χ1n) is 6.61. The van der Waals surface area contributed by atoms with Crippen molar-refractivity contribution < 1.29 is 0 Å². The number of nitrogens with one attached hydrogen (secondary N) is 1. The zero-order valence-electron chi connectivity index (χ0n) is 11.5. The Labute approximate surface area is 123 Å². The van der Waals surface area contributed by atoms with Gasteiger partial charge in [-0.05, 0) is 50.6 Å². The van der Waals surface area contributed by atoms with Gasteiger partial charge >= 0.3 is 0 Å². The number of hydrogen-bond donors (Lipinski definition) is 1. The Hall–Kier alpha value is -1.13. The third-order valence-electron chi connectivity index (χ3n) is 3.07. The lowest BCUT2D eigenvalue weighted by Crippen LogP contribution is -2.17. The quantitative estimate of drug-likeness (QED) is 0.826. The van der Waals surface area contributed by atoms with Crippen molar-refractivity contribution >= 4 is 15.9 Å². The van der Waals surface area contributed by atoms with Crippen molar-refractivity contribution in [3.05, 3.63) is 51.8 Å². The van der Waals surface area contributed by atoms with Crippen LogP contribution in [0.2, 0.25) is 0 Å². The van der Waals surface area contributed by atoms with Gasteiger partial charge in [0.05, 0.1) is 5.69 Å². The molecule has 3 nitrogen and oxygen atoms in total. The SMILES string of the molecule is Cc1cc(C)n(CCCNCc2ccc(Br)cc2)n1. The molecule has 0 aliphatic heterocycles. The van der Waals surface area contributed by atoms with E-state index in [2.05, 4.69) is 68.3 Å². The maximum Gasteiger partial charge on any atom is 0.0596 e. The number of halogens is 1. The average Bonchev–Trinajstić information content (AvgIpc) is 2.70. The number of hydrogen-bond acceptors (Lipinski definition) is 2. The molecule has 2 rings (SSSR count). The normalized spacial score (nSPS) is 10.9. The lowest BCUT2D eigenvalue weighted by Gasteiger charge is -2.06. The Morgan fingerprint density at radius 1 is 1.21 bits per heavy atom. The predicted molar refractivity (Wildman–Crippen MR) is 82.2 cm³/mol. The fraction of sp³-hybridized carbons (Fsp3) is 0.400. The van der Waals surface area contributed by atoms with Crippen molar-refractivity contribution in [1.82, 2.24) is 15.1 Å². The van der Waals surface area contributed by atoms with E-state index < -0.39 is 0 Å². The summed E-state index contributed by atoms with van der Waals surface area (Å²) in [5.74, 6) is 0. The molecule has 0 spiro atoms. The maximum absolute atomic E-state index is 4.46. The van der Waals surface area contributed by atoms with Crippen molar-refractivity contribution in [2.75, 3.05) is 6.54 Å². The molecule has 19 heavy (non-hydrogen) atoms. The van der Waals surface area contributed by atoms with Crippen molar-refractivity contribution in [2.24, 2.45) is 0 Å². The molecule has 1 heterocycles. The van der Waals surface area contributed by atoms with E-state index in [1.165, 1.54) is 11.3 Å². The predicted octanol–water partition coefficient (Wildman–Crippen LogP) is 3.44. The minimum Gasteiger partial charge on any atom is -0.313 e. The molecule has 0 amide bonds. The Balaban J connectivity index is 1.67. The standard InChI is InChI=1S/C15H20BrN3/c1-12-10-13(2)19(18-12)9-3-8-17-11-14-4-6-15(16)7-5-14/h4-7,10,17H,3,8-9,11H2,1-2H3. The highest BCUT2D eigenvalue weighted by atomic mass is 79.9. The van der Waals surface area contributed by atoms with Crippen molar-refractivity contribution in [2.45, 2.75) is 33.4 Å². The minimum atomic E-state index is 0.921. The van der Waals surface area contributed by atoms with Gasteiger partial charge in [0.2, 0.25) is 0 Å². The number of rotatable bonds is 6. The van der Waals surface area contributed by atoms with Gasteiger partial charge in [-0.25, -0.2) is 0 Å². The van der Waals surface area contributed by atoms with E-state index in [0.29, 0.717) is 0 Å². The second-order valence-electron chi connectivity index (χ2n) is 4.81. The summed E-state index contributed by atoms with van der Waals surface area (Å²) in [4.78, 5) is 0. The molecule has 0 atom stereocenters. The summed E-state index contributed by atoms with van der Waals surface area (Å²) in [6.07, 6.45) is 1.10. The van der Waals surface area contributed by atoms with Gasteiger partial charge in [-0.15, -0.1) is 0 Å². The summed E-state index contributed by atoms with van der Waals surface area (Å²) in [6, 6.07) is 10.5. The van der Waals surface area contributed by atoms with Crippen LogP contribution in [0.5, 0.6) is 0 Å². The number of aryl methyl sites for hydroxylation is 3. The molecule has 0 bridgehead atoms. The maximum atomic E-state index is 4.46. The summed E-state index contributed by atoms with van der Waals surface area (Å²) in [5, 5.41) is 7.92. The van der Waals surface area contributed by atoms with Gasteiger partial charge in [-0.2, -0.15) is 5.10 Å². The van der Waals surface area contributed by atoms with E-state index in [1.54, 1.807) is 0 Å². The van der Waals surface area contributed by atoms with Crippen molar-refractivity contribution in [1.29, 1.82) is 0 Å². The Morgan fingerprint density at radius 2 is 1.95 bits per heavy atom. The molecule has 0 aliphatic rings. The van der Waals surface area contributed by atoms with E-state index in [4.69, 9.17) is 0 Å². The summed E-state index contributed by atoms with van der Waals surface area (Å²) >= 11 is 3.44. The molecule has 0 saturated carbocycles. The average molecular weight is 322 g/mol. The zero-order chi connectivity index (χ0) is 13.7. The highest BCUT2D eigenvalue weighted by Gasteiger charge is 2.00. The molecule has 0 aliphatic carbocycles. The van der Waals surface area contributed by atoms with Gasteiger partial charge in [0.1, 0.15) is 0 Å². The van der Waals surface area contributed by atoms with E-state index in [0.717, 1.165) is 36.2 Å². The fourth-order valence-corrected chi connectivity index (χ4v) is 2.35. The van der Waals surface area contributed by atoms with Crippen LogP contribution < -0.4 is 5.32 Å². The second kappa shape index (κ2) is 6.87. The van der Waals surface area contributed by atoms with Crippen LogP contribution >= 0.6 is 15.9 Å². The first-order valence-corrected chi connectivity index (χ1v) is 7.40. The van der Waals surface area contributed by atoms with Crippen molar-refractivity contribution in [3.63, 3.8) is 0 Å². The smallest absolute Gasteiger partial charge is 0.0596 e. The molecule has 0 saturated heterocycles. The first-order chi connectivity index (χ1) is 9.15. The topological polar surface area (TPSA) is 29.9 Å². The number of aromatic nitrogens is 2. The third-order valence-corrected chi connectivity index (χ3v) is 3.60. The van der Waals surface area contributed by atoms with Crippen molar-refractivity contribution in [3.8, 4) is 0 Å². The third kappa shape index (κ3) is 4.48. The van der Waals surface area contributed by atoms with Crippen LogP contribution in [0.15, 0.2) is 34.8 Å². The van der Waals surface area contributed by atoms with Crippen LogP contribution in [0.25, 0.3) is 0 Å². The lowest BCUT2D eigenvalue weighted by atomic mass is 10.2. The summed E-state index contributed by atoms with van der Waals surface area (Å²) in [6.45, 7) is 7.05. The molecular formula is C15H20BrN3. The van der Waals surface area contributed by atoms with E-state index in [-0.39, 0.29) is 0 Å². The van der Waals surface area contributed by atoms with Crippen LogP contribution in [-0.2, 0) is 13.1 Å². The van der Waals surface area contributed by atoms with Crippen LogP contribution in [0.3, 0.4) is 0 Å². The van der Waals surface area contributed by atoms with Gasteiger partial charge in [0.25, 0.3) is 0 Å². The van der Waals surface area contributed by atoms with Crippen LogP contribution in [-0.4, -0.2) is 16.3 Å². The van der Waals surface area contributed by atoms with E-state index in [9.17, 15) is 0 Å². The first kappa shape index (κ1) is 14.3. The van der Waals surface area contributed by atoms with E-state index >= 15 is 0 Å². The second-order valence-corrected chi connectivity index (χ2v) is 5.72. The Kier molecular flexibility index (Phi) is 5.16. The largest absolute Gasteiger partial charge is 0.313 e. The highest BCUT2D eigenvalue weighted by molar-refractivity contribution is 9.10. The fourth-order valence-electron chi connectivity index (χ4n) is 2.09. The molecule has 4 heteroatoms. The zero-order valence-corrected chi connectivity index (χ0v) is 13.1. The van der Waals surface area contributed by atoms with Gasteiger partial charge < -0.3 is 5.32 Å². The Morgan fingerprint density at radius 3 is 2.58 bits per heavy atom. The molecular weight excluding hydrogens is 302 g/mol. The van der Waals surface area contributed by atoms with Gasteiger partial charge in [-0.3, -0.25) is 4.68 Å². The summed E-state index contributed by atoms with van der Waals surface area (Å²) in [7, 11) is 0. The van der Waals surface area contributed by atoms with Gasteiger partial charge in [-0.1, -0.05) is 28.1 Å². The molecule has 1 N–H and O–H groups in total. The highest BCUT2D eigenvalue weighted by Crippen LogP contribution is 2.10. The van der Waals surface area contributed by atoms with Gasteiger partial charge in [0.15, 0.2) is 0 Å². The van der Waals surface area contributed by atoms with Crippen LogP contribution in [0, 0.1) is 13.8 Å². The lowest BCUT2D eigenvalue weighted by molar-refractivity contribution is 0.532.